The van der Waals surface area contributed by atoms with Gasteiger partial charge >= 0.3 is 5.97 Å². The van der Waals surface area contributed by atoms with Crippen molar-refractivity contribution in [2.45, 2.75) is 25.3 Å². The lowest BCUT2D eigenvalue weighted by molar-refractivity contribution is -0.141. The summed E-state index contributed by atoms with van der Waals surface area (Å²) in [6.07, 6.45) is 2.42. The van der Waals surface area contributed by atoms with Crippen LogP contribution in [0.1, 0.15) is 30.9 Å². The molecule has 188 valence electrons. The van der Waals surface area contributed by atoms with Gasteiger partial charge in [0.25, 0.3) is 0 Å². The summed E-state index contributed by atoms with van der Waals surface area (Å²) in [6, 6.07) is 18.2. The smallest absolute Gasteiger partial charge is 0.307 e. The van der Waals surface area contributed by atoms with Gasteiger partial charge in [0.1, 0.15) is 11.6 Å². The van der Waals surface area contributed by atoms with Crippen molar-refractivity contribution in [3.8, 4) is 11.1 Å². The van der Waals surface area contributed by atoms with E-state index in [0.29, 0.717) is 18.5 Å². The number of hydrogen-bond donors (Lipinski definition) is 3. The maximum absolute atomic E-state index is 13.3. The lowest BCUT2D eigenvalue weighted by atomic mass is 9.97. The van der Waals surface area contributed by atoms with E-state index in [9.17, 15) is 18.8 Å². The van der Waals surface area contributed by atoms with Gasteiger partial charge in [-0.1, -0.05) is 36.4 Å². The first kappa shape index (κ1) is 26.3. The second-order valence-electron chi connectivity index (χ2n) is 8.05. The predicted molar refractivity (Wildman–Crippen MR) is 134 cm³/mol. The number of anilines is 1. The molecule has 0 bridgehead atoms. The maximum atomic E-state index is 13.3. The van der Waals surface area contributed by atoms with E-state index in [1.807, 2.05) is 30.3 Å². The molecule has 3 aromatic rings. The summed E-state index contributed by atoms with van der Waals surface area (Å²) in [7, 11) is 1.28. The number of carbonyl (C=O) groups is 3. The number of carbonyl (C=O) groups excluding carboxylic acids is 3. The van der Waals surface area contributed by atoms with Crippen LogP contribution < -0.4 is 16.0 Å². The summed E-state index contributed by atoms with van der Waals surface area (Å²) in [5.41, 5.74) is 2.29. The molecule has 2 aromatic carbocycles. The molecule has 8 nitrogen and oxygen atoms in total. The molecule has 1 atom stereocenters. The second-order valence-corrected chi connectivity index (χ2v) is 8.05. The Balaban J connectivity index is 1.53. The number of hydrogen-bond acceptors (Lipinski definition) is 6. The molecule has 1 unspecified atom stereocenters. The number of aromatic nitrogens is 1. The lowest BCUT2D eigenvalue weighted by Gasteiger charge is -2.19. The maximum Gasteiger partial charge on any atom is 0.307 e. The minimum atomic E-state index is -0.662. The van der Waals surface area contributed by atoms with E-state index in [-0.39, 0.29) is 31.1 Å². The van der Waals surface area contributed by atoms with Crippen molar-refractivity contribution in [1.82, 2.24) is 15.6 Å². The van der Waals surface area contributed by atoms with Crippen molar-refractivity contribution >= 4 is 23.6 Å². The molecule has 9 heteroatoms. The number of rotatable bonds is 12. The highest BCUT2D eigenvalue weighted by Gasteiger charge is 2.20. The minimum Gasteiger partial charge on any atom is -0.469 e. The van der Waals surface area contributed by atoms with Gasteiger partial charge in [-0.15, -0.1) is 0 Å². The summed E-state index contributed by atoms with van der Waals surface area (Å²) in [4.78, 5) is 40.8. The van der Waals surface area contributed by atoms with E-state index in [0.717, 1.165) is 16.9 Å². The number of nitrogens with one attached hydrogen (secondary N) is 3. The Morgan fingerprint density at radius 1 is 0.972 bits per heavy atom. The van der Waals surface area contributed by atoms with Gasteiger partial charge in [-0.3, -0.25) is 14.4 Å². The van der Waals surface area contributed by atoms with Gasteiger partial charge in [0, 0.05) is 19.2 Å². The third-order valence-corrected chi connectivity index (χ3v) is 5.40. The van der Waals surface area contributed by atoms with Crippen LogP contribution >= 0.6 is 0 Å². The second kappa shape index (κ2) is 13.6. The molecule has 0 saturated heterocycles. The van der Waals surface area contributed by atoms with E-state index in [1.54, 1.807) is 30.5 Å². The van der Waals surface area contributed by atoms with Gasteiger partial charge in [-0.25, -0.2) is 9.37 Å². The van der Waals surface area contributed by atoms with Crippen molar-refractivity contribution in [2.75, 3.05) is 25.5 Å². The Labute approximate surface area is 209 Å². The Morgan fingerprint density at radius 2 is 1.78 bits per heavy atom. The van der Waals surface area contributed by atoms with Crippen LogP contribution in [0, 0.1) is 5.82 Å². The summed E-state index contributed by atoms with van der Waals surface area (Å²) in [5.74, 6) is -0.779. The van der Waals surface area contributed by atoms with E-state index in [4.69, 9.17) is 4.74 Å². The fourth-order valence-electron chi connectivity index (χ4n) is 3.52. The summed E-state index contributed by atoms with van der Waals surface area (Å²) >= 11 is 0. The highest BCUT2D eigenvalue weighted by molar-refractivity contribution is 5.85. The lowest BCUT2D eigenvalue weighted by Crippen LogP contribution is -2.39. The third kappa shape index (κ3) is 8.50. The SMILES string of the molecule is COC(=O)CC(NC(=O)CNC(=O)CCCNc1ccccn1)c1cccc(-c2ccc(F)cc2)c1. The van der Waals surface area contributed by atoms with Gasteiger partial charge < -0.3 is 20.7 Å². The van der Waals surface area contributed by atoms with Crippen LogP contribution in [-0.4, -0.2) is 43.0 Å². The van der Waals surface area contributed by atoms with Gasteiger partial charge in [0.05, 0.1) is 26.1 Å². The molecule has 1 heterocycles. The van der Waals surface area contributed by atoms with E-state index < -0.39 is 17.9 Å². The molecule has 0 radical (unpaired) electrons. The first-order valence-corrected chi connectivity index (χ1v) is 11.6. The van der Waals surface area contributed by atoms with Crippen LogP contribution in [0.15, 0.2) is 72.9 Å². The van der Waals surface area contributed by atoms with Crippen molar-refractivity contribution in [2.24, 2.45) is 0 Å². The zero-order chi connectivity index (χ0) is 25.8. The van der Waals surface area contributed by atoms with Crippen LogP contribution in [-0.2, 0) is 19.1 Å². The standard InChI is InChI=1S/C27H29FN4O4/c1-36-27(35)17-23(21-7-4-6-20(16-21)19-10-12-22(28)13-11-19)32-26(34)18-31-25(33)9-5-15-30-24-8-2-3-14-29-24/h2-4,6-8,10-14,16,23H,5,9,15,17-18H2,1H3,(H,29,30)(H,31,33)(H,32,34). The molecule has 0 aliphatic carbocycles. The van der Waals surface area contributed by atoms with Gasteiger partial charge in [0.2, 0.25) is 11.8 Å². The summed E-state index contributed by atoms with van der Waals surface area (Å²) in [6.45, 7) is 0.351. The third-order valence-electron chi connectivity index (χ3n) is 5.40. The number of esters is 1. The van der Waals surface area contributed by atoms with Gasteiger partial charge in [-0.05, 0) is 53.4 Å². The quantitative estimate of drug-likeness (QED) is 0.263. The zero-order valence-corrected chi connectivity index (χ0v) is 20.0. The highest BCUT2D eigenvalue weighted by Crippen LogP contribution is 2.25. The van der Waals surface area contributed by atoms with Crippen LogP contribution in [0.4, 0.5) is 10.2 Å². The Morgan fingerprint density at radius 3 is 2.50 bits per heavy atom. The minimum absolute atomic E-state index is 0.0811. The fraction of sp³-hybridized carbons (Fsp3) is 0.259. The first-order valence-electron chi connectivity index (χ1n) is 11.6. The van der Waals surface area contributed by atoms with Crippen LogP contribution in [0.25, 0.3) is 11.1 Å². The van der Waals surface area contributed by atoms with Gasteiger partial charge in [-0.2, -0.15) is 0 Å². The van der Waals surface area contributed by atoms with Crippen molar-refractivity contribution in [3.63, 3.8) is 0 Å². The molecule has 0 aliphatic heterocycles. The summed E-state index contributed by atoms with van der Waals surface area (Å²) < 4.78 is 18.1. The number of amides is 2. The molecule has 3 rings (SSSR count). The van der Waals surface area contributed by atoms with Crippen molar-refractivity contribution in [1.29, 1.82) is 0 Å². The molecule has 0 aliphatic rings. The molecule has 3 N–H and O–H groups in total. The molecule has 0 saturated carbocycles. The zero-order valence-electron chi connectivity index (χ0n) is 20.0. The molecule has 1 aromatic heterocycles. The molecular weight excluding hydrogens is 463 g/mol. The fourth-order valence-corrected chi connectivity index (χ4v) is 3.52. The number of pyridine rings is 1. The number of benzene rings is 2. The van der Waals surface area contributed by atoms with Crippen LogP contribution in [0.3, 0.4) is 0 Å². The molecular formula is C27H29FN4O4. The molecule has 0 spiro atoms. The summed E-state index contributed by atoms with van der Waals surface area (Å²) in [5, 5.41) is 8.52. The average Bonchev–Trinajstić information content (AvgIpc) is 2.90. The average molecular weight is 493 g/mol. The Kier molecular flexibility index (Phi) is 9.93. The topological polar surface area (TPSA) is 109 Å². The van der Waals surface area contributed by atoms with Crippen LogP contribution in [0.5, 0.6) is 0 Å². The Hall–Kier alpha value is -4.27. The highest BCUT2D eigenvalue weighted by atomic mass is 19.1. The normalized spacial score (nSPS) is 11.3. The molecule has 2 amide bonds. The molecule has 0 fully saturated rings. The number of ether oxygens (including phenoxy) is 1. The number of nitrogens with zero attached hydrogens (tertiary/aromatic N) is 1. The monoisotopic (exact) mass is 492 g/mol. The molecule has 36 heavy (non-hydrogen) atoms. The van der Waals surface area contributed by atoms with E-state index in [1.165, 1.54) is 19.2 Å². The van der Waals surface area contributed by atoms with Crippen LogP contribution in [0.2, 0.25) is 0 Å². The number of halogens is 1. The first-order chi connectivity index (χ1) is 17.4. The number of methoxy groups -OCH3 is 1. The largest absolute Gasteiger partial charge is 0.469 e. The van der Waals surface area contributed by atoms with Crippen molar-refractivity contribution < 1.29 is 23.5 Å². The Bertz CT molecular complexity index is 1160. The predicted octanol–water partition coefficient (Wildman–Crippen LogP) is 3.62. The van der Waals surface area contributed by atoms with E-state index >= 15 is 0 Å². The van der Waals surface area contributed by atoms with Crippen molar-refractivity contribution in [3.05, 3.63) is 84.3 Å². The van der Waals surface area contributed by atoms with E-state index in [2.05, 4.69) is 20.9 Å². The van der Waals surface area contributed by atoms with Gasteiger partial charge in [0.15, 0.2) is 0 Å².